The van der Waals surface area contributed by atoms with Crippen LogP contribution in [0.25, 0.3) is 0 Å². The molecule has 1 rings (SSSR count). The maximum atomic E-state index is 10.4. The highest BCUT2D eigenvalue weighted by Crippen LogP contribution is 2.20. The van der Waals surface area contributed by atoms with Crippen molar-refractivity contribution in [2.75, 3.05) is 0 Å². The largest absolute Gasteiger partial charge is 0.475 e. The van der Waals surface area contributed by atoms with Crippen LogP contribution in [-0.4, -0.2) is 10.5 Å². The topological polar surface area (TPSA) is 52.4 Å². The number of benzene rings is 1. The number of unbranched alkanes of at least 4 members (excludes halogenated alkanes) is 1. The molecule has 0 heterocycles. The standard InChI is InChI=1S/C11H14ClNO3/c1-2-3-4-11(12)16-10-7-5-9(6-8-10)13(14)15/h5-8,11H,2-4H2,1H3. The highest BCUT2D eigenvalue weighted by atomic mass is 35.5. The minimum atomic E-state index is -0.445. The predicted molar refractivity (Wildman–Crippen MR) is 62.9 cm³/mol. The van der Waals surface area contributed by atoms with E-state index < -0.39 is 4.92 Å². The molecule has 4 nitrogen and oxygen atoms in total. The molecule has 0 aliphatic carbocycles. The van der Waals surface area contributed by atoms with Gasteiger partial charge in [-0.05, 0) is 25.0 Å². The summed E-state index contributed by atoms with van der Waals surface area (Å²) in [7, 11) is 0. The molecule has 0 N–H and O–H groups in total. The zero-order valence-electron chi connectivity index (χ0n) is 9.06. The van der Waals surface area contributed by atoms with Crippen LogP contribution < -0.4 is 4.74 Å². The molecule has 5 heteroatoms. The summed E-state index contributed by atoms with van der Waals surface area (Å²) in [6.07, 6.45) is 2.84. The number of hydrogen-bond acceptors (Lipinski definition) is 3. The molecule has 1 aromatic rings. The maximum absolute atomic E-state index is 10.4. The summed E-state index contributed by atoms with van der Waals surface area (Å²) in [5.74, 6) is 0.557. The molecule has 1 atom stereocenters. The molecule has 0 saturated carbocycles. The van der Waals surface area contributed by atoms with Crippen molar-refractivity contribution in [3.05, 3.63) is 34.4 Å². The first-order valence-electron chi connectivity index (χ1n) is 5.18. The molecule has 0 aromatic heterocycles. The third-order valence-electron chi connectivity index (χ3n) is 2.10. The van der Waals surface area contributed by atoms with Gasteiger partial charge in [-0.2, -0.15) is 0 Å². The first-order chi connectivity index (χ1) is 7.63. The Hall–Kier alpha value is -1.29. The van der Waals surface area contributed by atoms with Gasteiger partial charge in [0, 0.05) is 12.1 Å². The molecular formula is C11H14ClNO3. The van der Waals surface area contributed by atoms with Crippen LogP contribution >= 0.6 is 11.6 Å². The normalized spacial score (nSPS) is 12.1. The molecule has 0 fully saturated rings. The van der Waals surface area contributed by atoms with E-state index in [1.807, 2.05) is 0 Å². The van der Waals surface area contributed by atoms with Crippen LogP contribution in [0.2, 0.25) is 0 Å². The molecule has 88 valence electrons. The summed E-state index contributed by atoms with van der Waals surface area (Å²) in [6.45, 7) is 2.08. The third-order valence-corrected chi connectivity index (χ3v) is 2.40. The van der Waals surface area contributed by atoms with Gasteiger partial charge in [-0.25, -0.2) is 0 Å². The Balaban J connectivity index is 2.51. The Kier molecular flexibility index (Phi) is 5.05. The summed E-state index contributed by atoms with van der Waals surface area (Å²) in [4.78, 5) is 9.97. The summed E-state index contributed by atoms with van der Waals surface area (Å²) in [5, 5.41) is 10.4. The van der Waals surface area contributed by atoms with Crippen LogP contribution in [0.5, 0.6) is 5.75 Å². The average Bonchev–Trinajstić information content (AvgIpc) is 2.27. The van der Waals surface area contributed by atoms with Crippen molar-refractivity contribution in [1.82, 2.24) is 0 Å². The number of alkyl halides is 1. The van der Waals surface area contributed by atoms with Gasteiger partial charge in [-0.1, -0.05) is 24.9 Å². The van der Waals surface area contributed by atoms with E-state index in [4.69, 9.17) is 16.3 Å². The van der Waals surface area contributed by atoms with Gasteiger partial charge < -0.3 is 4.74 Å². The Morgan fingerprint density at radius 1 is 1.44 bits per heavy atom. The Labute approximate surface area is 99.3 Å². The van der Waals surface area contributed by atoms with Crippen LogP contribution in [0, 0.1) is 10.1 Å². The van der Waals surface area contributed by atoms with Crippen molar-refractivity contribution in [1.29, 1.82) is 0 Å². The molecule has 0 spiro atoms. The summed E-state index contributed by atoms with van der Waals surface area (Å²) >= 11 is 5.94. The quantitative estimate of drug-likeness (QED) is 0.435. The molecule has 0 aliphatic rings. The second kappa shape index (κ2) is 6.33. The highest BCUT2D eigenvalue weighted by Gasteiger charge is 2.08. The zero-order chi connectivity index (χ0) is 12.0. The zero-order valence-corrected chi connectivity index (χ0v) is 9.81. The van der Waals surface area contributed by atoms with E-state index >= 15 is 0 Å². The van der Waals surface area contributed by atoms with E-state index in [0.29, 0.717) is 5.75 Å². The second-order valence-corrected chi connectivity index (χ2v) is 3.91. The molecular weight excluding hydrogens is 230 g/mol. The molecule has 1 unspecified atom stereocenters. The Morgan fingerprint density at radius 3 is 2.56 bits per heavy atom. The minimum absolute atomic E-state index is 0.0482. The number of rotatable bonds is 6. The fraction of sp³-hybridized carbons (Fsp3) is 0.455. The average molecular weight is 244 g/mol. The fourth-order valence-corrected chi connectivity index (χ4v) is 1.47. The number of nitro benzene ring substituents is 1. The van der Waals surface area contributed by atoms with E-state index in [1.54, 1.807) is 12.1 Å². The van der Waals surface area contributed by atoms with Crippen molar-refractivity contribution in [3.8, 4) is 5.75 Å². The molecule has 1 aromatic carbocycles. The molecule has 0 radical (unpaired) electrons. The highest BCUT2D eigenvalue weighted by molar-refractivity contribution is 6.19. The number of halogens is 1. The Bertz CT molecular complexity index is 340. The number of hydrogen-bond donors (Lipinski definition) is 0. The molecule has 0 saturated heterocycles. The van der Waals surface area contributed by atoms with E-state index in [1.165, 1.54) is 12.1 Å². The van der Waals surface area contributed by atoms with Crippen molar-refractivity contribution >= 4 is 17.3 Å². The van der Waals surface area contributed by atoms with Gasteiger partial charge >= 0.3 is 0 Å². The van der Waals surface area contributed by atoms with Crippen molar-refractivity contribution in [3.63, 3.8) is 0 Å². The fourth-order valence-electron chi connectivity index (χ4n) is 1.22. The van der Waals surface area contributed by atoms with E-state index in [-0.39, 0.29) is 11.3 Å². The van der Waals surface area contributed by atoms with Crippen LogP contribution in [-0.2, 0) is 0 Å². The van der Waals surface area contributed by atoms with E-state index in [9.17, 15) is 10.1 Å². The minimum Gasteiger partial charge on any atom is -0.475 e. The maximum Gasteiger partial charge on any atom is 0.269 e. The van der Waals surface area contributed by atoms with Gasteiger partial charge in [0.15, 0.2) is 5.56 Å². The lowest BCUT2D eigenvalue weighted by atomic mass is 10.2. The molecule has 0 bridgehead atoms. The second-order valence-electron chi connectivity index (χ2n) is 3.42. The number of nitro groups is 1. The third kappa shape index (κ3) is 4.06. The predicted octanol–water partition coefficient (Wildman–Crippen LogP) is 3.73. The molecule has 16 heavy (non-hydrogen) atoms. The van der Waals surface area contributed by atoms with E-state index in [2.05, 4.69) is 6.92 Å². The summed E-state index contributed by atoms with van der Waals surface area (Å²) in [6, 6.07) is 5.91. The van der Waals surface area contributed by atoms with Gasteiger partial charge in [0.1, 0.15) is 5.75 Å². The summed E-state index contributed by atoms with van der Waals surface area (Å²) < 4.78 is 5.39. The van der Waals surface area contributed by atoms with Gasteiger partial charge in [-0.15, -0.1) is 0 Å². The lowest BCUT2D eigenvalue weighted by Crippen LogP contribution is -2.08. The first-order valence-corrected chi connectivity index (χ1v) is 5.62. The Morgan fingerprint density at radius 2 is 2.06 bits per heavy atom. The van der Waals surface area contributed by atoms with Gasteiger partial charge in [0.05, 0.1) is 4.92 Å². The lowest BCUT2D eigenvalue weighted by molar-refractivity contribution is -0.384. The van der Waals surface area contributed by atoms with Gasteiger partial charge in [0.25, 0.3) is 5.69 Å². The number of ether oxygens (including phenoxy) is 1. The van der Waals surface area contributed by atoms with Gasteiger partial charge in [-0.3, -0.25) is 10.1 Å². The summed E-state index contributed by atoms with van der Waals surface area (Å²) in [5.41, 5.74) is -0.326. The number of non-ortho nitro benzene ring substituents is 1. The monoisotopic (exact) mass is 243 g/mol. The van der Waals surface area contributed by atoms with Crippen molar-refractivity contribution in [2.24, 2.45) is 0 Å². The smallest absolute Gasteiger partial charge is 0.269 e. The van der Waals surface area contributed by atoms with Gasteiger partial charge in [0.2, 0.25) is 0 Å². The molecule has 0 aliphatic heterocycles. The first kappa shape index (κ1) is 12.8. The van der Waals surface area contributed by atoms with Crippen LogP contribution in [0.4, 0.5) is 5.69 Å². The lowest BCUT2D eigenvalue weighted by Gasteiger charge is -2.11. The SMILES string of the molecule is CCCCC(Cl)Oc1ccc([N+](=O)[O-])cc1. The van der Waals surface area contributed by atoms with Crippen molar-refractivity contribution < 1.29 is 9.66 Å². The van der Waals surface area contributed by atoms with Crippen LogP contribution in [0.15, 0.2) is 24.3 Å². The molecule has 0 amide bonds. The van der Waals surface area contributed by atoms with Crippen LogP contribution in [0.1, 0.15) is 26.2 Å². The number of nitrogens with zero attached hydrogens (tertiary/aromatic N) is 1. The van der Waals surface area contributed by atoms with E-state index in [0.717, 1.165) is 19.3 Å². The van der Waals surface area contributed by atoms with Crippen LogP contribution in [0.3, 0.4) is 0 Å². The van der Waals surface area contributed by atoms with Crippen molar-refractivity contribution in [2.45, 2.75) is 31.7 Å².